The Morgan fingerprint density at radius 3 is 2.73 bits per heavy atom. The van der Waals surface area contributed by atoms with Gasteiger partial charge in [-0.15, -0.1) is 22.7 Å². The SMILES string of the molecule is O=c1c2c(-c3cccs3)csc2nc(CN2CCOCC2)n1C[C@H]1COc2ccccc2O1. The van der Waals surface area contributed by atoms with Crippen molar-refractivity contribution in [2.45, 2.75) is 19.2 Å². The Bertz CT molecular complexity index is 1330. The Kier molecular flexibility index (Phi) is 5.63. The monoisotopic (exact) mass is 481 g/mol. The number of hydrogen-bond donors (Lipinski definition) is 0. The first kappa shape index (κ1) is 20.9. The molecule has 4 aromatic rings. The van der Waals surface area contributed by atoms with E-state index in [0.717, 1.165) is 39.9 Å². The van der Waals surface area contributed by atoms with Crippen molar-refractivity contribution in [3.05, 3.63) is 63.3 Å². The third kappa shape index (κ3) is 4.06. The van der Waals surface area contributed by atoms with Crippen molar-refractivity contribution in [2.75, 3.05) is 32.9 Å². The molecule has 2 aliphatic heterocycles. The largest absolute Gasteiger partial charge is 0.486 e. The first-order valence-corrected chi connectivity index (χ1v) is 12.8. The summed E-state index contributed by atoms with van der Waals surface area (Å²) in [5, 5.41) is 4.76. The second kappa shape index (κ2) is 8.90. The molecule has 9 heteroatoms. The van der Waals surface area contributed by atoms with E-state index in [1.807, 2.05) is 47.2 Å². The number of fused-ring (bicyclic) bond motifs is 2. The van der Waals surface area contributed by atoms with Gasteiger partial charge in [0.2, 0.25) is 0 Å². The minimum absolute atomic E-state index is 0.0182. The van der Waals surface area contributed by atoms with Crippen molar-refractivity contribution in [3.8, 4) is 21.9 Å². The van der Waals surface area contributed by atoms with E-state index in [1.54, 1.807) is 15.9 Å². The molecule has 0 saturated carbocycles. The molecule has 170 valence electrons. The standard InChI is InChI=1S/C24H23N3O4S2/c28-24-22-17(20-6-3-11-32-20)15-33-23(22)25-21(13-26-7-9-29-10-8-26)27(24)12-16-14-30-18-4-1-2-5-19(18)31-16/h1-6,11,15-16H,7-10,12-14H2/t16-/m0/s1. The van der Waals surface area contributed by atoms with Gasteiger partial charge < -0.3 is 14.2 Å². The van der Waals surface area contributed by atoms with Gasteiger partial charge in [-0.05, 0) is 23.6 Å². The van der Waals surface area contributed by atoms with Gasteiger partial charge in [0.1, 0.15) is 17.3 Å². The molecule has 0 N–H and O–H groups in total. The van der Waals surface area contributed by atoms with Crippen molar-refractivity contribution in [1.29, 1.82) is 0 Å². The minimum atomic E-state index is -0.274. The molecule has 1 atom stereocenters. The Hall–Kier alpha value is -2.72. The Labute approximate surface area is 198 Å². The quantitative estimate of drug-likeness (QED) is 0.431. The van der Waals surface area contributed by atoms with Crippen LogP contribution in [0.25, 0.3) is 20.7 Å². The summed E-state index contributed by atoms with van der Waals surface area (Å²) >= 11 is 3.17. The highest BCUT2D eigenvalue weighted by Crippen LogP contribution is 2.34. The normalized spacial score (nSPS) is 18.6. The second-order valence-corrected chi connectivity index (χ2v) is 9.94. The lowest BCUT2D eigenvalue weighted by Gasteiger charge is -2.29. The number of aromatic nitrogens is 2. The zero-order valence-electron chi connectivity index (χ0n) is 17.9. The van der Waals surface area contributed by atoms with Crippen LogP contribution in [-0.4, -0.2) is 53.5 Å². The molecule has 0 radical (unpaired) electrons. The van der Waals surface area contributed by atoms with Gasteiger partial charge in [-0.3, -0.25) is 14.3 Å². The predicted octanol–water partition coefficient (Wildman–Crippen LogP) is 3.86. The van der Waals surface area contributed by atoms with Crippen LogP contribution in [0.2, 0.25) is 0 Å². The summed E-state index contributed by atoms with van der Waals surface area (Å²) in [5.74, 6) is 2.21. The number of para-hydroxylation sites is 2. The van der Waals surface area contributed by atoms with Gasteiger partial charge >= 0.3 is 0 Å². The fraction of sp³-hybridized carbons (Fsp3) is 0.333. The average Bonchev–Trinajstić information content (AvgIpc) is 3.52. The highest BCUT2D eigenvalue weighted by molar-refractivity contribution is 7.18. The first-order valence-electron chi connectivity index (χ1n) is 11.0. The summed E-state index contributed by atoms with van der Waals surface area (Å²) in [6, 6.07) is 11.7. The third-order valence-corrected chi connectivity index (χ3v) is 7.76. The molecule has 3 aromatic heterocycles. The van der Waals surface area contributed by atoms with E-state index in [9.17, 15) is 4.79 Å². The Balaban J connectivity index is 1.40. The number of ether oxygens (including phenoxy) is 3. The van der Waals surface area contributed by atoms with Gasteiger partial charge in [0.15, 0.2) is 17.6 Å². The van der Waals surface area contributed by atoms with Crippen LogP contribution in [0.5, 0.6) is 11.5 Å². The molecular weight excluding hydrogens is 458 g/mol. The molecule has 5 heterocycles. The van der Waals surface area contributed by atoms with Crippen LogP contribution in [0, 0.1) is 0 Å². The van der Waals surface area contributed by atoms with Gasteiger partial charge in [-0.25, -0.2) is 4.98 Å². The van der Waals surface area contributed by atoms with E-state index in [-0.39, 0.29) is 11.7 Å². The second-order valence-electron chi connectivity index (χ2n) is 8.14. The number of benzene rings is 1. The van der Waals surface area contributed by atoms with E-state index in [2.05, 4.69) is 4.90 Å². The van der Waals surface area contributed by atoms with Gasteiger partial charge in [0, 0.05) is 28.9 Å². The third-order valence-electron chi connectivity index (χ3n) is 5.98. The smallest absolute Gasteiger partial charge is 0.263 e. The minimum Gasteiger partial charge on any atom is -0.486 e. The number of nitrogens with zero attached hydrogens (tertiary/aromatic N) is 3. The van der Waals surface area contributed by atoms with Crippen molar-refractivity contribution < 1.29 is 14.2 Å². The summed E-state index contributed by atoms with van der Waals surface area (Å²) in [6.07, 6.45) is -0.274. The average molecular weight is 482 g/mol. The molecule has 33 heavy (non-hydrogen) atoms. The lowest BCUT2D eigenvalue weighted by molar-refractivity contribution is 0.0314. The molecule has 1 aromatic carbocycles. The lowest BCUT2D eigenvalue weighted by atomic mass is 10.2. The highest BCUT2D eigenvalue weighted by Gasteiger charge is 2.26. The van der Waals surface area contributed by atoms with Gasteiger partial charge in [-0.1, -0.05) is 18.2 Å². The topological polar surface area (TPSA) is 65.8 Å². The molecule has 1 saturated heterocycles. The number of hydrogen-bond acceptors (Lipinski definition) is 8. The molecule has 0 spiro atoms. The van der Waals surface area contributed by atoms with Crippen LogP contribution in [0.3, 0.4) is 0 Å². The van der Waals surface area contributed by atoms with Crippen LogP contribution < -0.4 is 15.0 Å². The van der Waals surface area contributed by atoms with Crippen molar-refractivity contribution >= 4 is 32.9 Å². The predicted molar refractivity (Wildman–Crippen MR) is 130 cm³/mol. The van der Waals surface area contributed by atoms with E-state index >= 15 is 0 Å². The van der Waals surface area contributed by atoms with Crippen LogP contribution in [-0.2, 0) is 17.8 Å². The summed E-state index contributed by atoms with van der Waals surface area (Å²) in [6.45, 7) is 4.43. The zero-order chi connectivity index (χ0) is 22.2. The number of morpholine rings is 1. The lowest BCUT2D eigenvalue weighted by Crippen LogP contribution is -2.41. The number of rotatable bonds is 5. The van der Waals surface area contributed by atoms with Crippen LogP contribution in [0.4, 0.5) is 0 Å². The summed E-state index contributed by atoms with van der Waals surface area (Å²) in [7, 11) is 0. The maximum atomic E-state index is 13.9. The Morgan fingerprint density at radius 2 is 1.91 bits per heavy atom. The van der Waals surface area contributed by atoms with Gasteiger partial charge in [0.25, 0.3) is 5.56 Å². The molecule has 2 aliphatic rings. The van der Waals surface area contributed by atoms with Crippen LogP contribution in [0.15, 0.2) is 52.0 Å². The fourth-order valence-electron chi connectivity index (χ4n) is 4.30. The molecular formula is C24H23N3O4S2. The molecule has 0 aliphatic carbocycles. The molecule has 7 nitrogen and oxygen atoms in total. The fourth-order valence-corrected chi connectivity index (χ4v) is 6.08. The molecule has 1 fully saturated rings. The summed E-state index contributed by atoms with van der Waals surface area (Å²) in [4.78, 5) is 23.0. The molecule has 0 amide bonds. The zero-order valence-corrected chi connectivity index (χ0v) is 19.6. The van der Waals surface area contributed by atoms with E-state index < -0.39 is 0 Å². The molecule has 6 rings (SSSR count). The van der Waals surface area contributed by atoms with Crippen LogP contribution >= 0.6 is 22.7 Å². The van der Waals surface area contributed by atoms with Crippen molar-refractivity contribution in [3.63, 3.8) is 0 Å². The van der Waals surface area contributed by atoms with E-state index in [1.165, 1.54) is 11.3 Å². The van der Waals surface area contributed by atoms with Gasteiger partial charge in [0.05, 0.1) is 31.7 Å². The van der Waals surface area contributed by atoms with Crippen molar-refractivity contribution in [1.82, 2.24) is 14.5 Å². The van der Waals surface area contributed by atoms with Crippen molar-refractivity contribution in [2.24, 2.45) is 0 Å². The summed E-state index contributed by atoms with van der Waals surface area (Å²) < 4.78 is 19.4. The van der Waals surface area contributed by atoms with E-state index in [0.29, 0.717) is 44.0 Å². The first-order chi connectivity index (χ1) is 16.3. The molecule has 0 bridgehead atoms. The maximum absolute atomic E-state index is 13.9. The maximum Gasteiger partial charge on any atom is 0.263 e. The number of thiophene rings is 2. The van der Waals surface area contributed by atoms with Gasteiger partial charge in [-0.2, -0.15) is 0 Å². The Morgan fingerprint density at radius 1 is 1.06 bits per heavy atom. The van der Waals surface area contributed by atoms with E-state index in [4.69, 9.17) is 19.2 Å². The highest BCUT2D eigenvalue weighted by atomic mass is 32.1. The summed E-state index contributed by atoms with van der Waals surface area (Å²) in [5.41, 5.74) is 0.940. The molecule has 0 unspecified atom stereocenters. The van der Waals surface area contributed by atoms with Crippen LogP contribution in [0.1, 0.15) is 5.82 Å².